The lowest BCUT2D eigenvalue weighted by atomic mass is 10.0. The number of nitrogens with zero attached hydrogens (tertiary/aromatic N) is 1. The second-order valence-corrected chi connectivity index (χ2v) is 5.99. The summed E-state index contributed by atoms with van der Waals surface area (Å²) in [6.07, 6.45) is 1.41. The molecular formula is C15H13BrClNO2. The molecule has 0 spiro atoms. The van der Waals surface area contributed by atoms with Gasteiger partial charge in [-0.05, 0) is 24.5 Å². The fourth-order valence-corrected chi connectivity index (χ4v) is 2.73. The Morgan fingerprint density at radius 2 is 1.90 bits per heavy atom. The van der Waals surface area contributed by atoms with E-state index in [-0.39, 0.29) is 15.4 Å². The summed E-state index contributed by atoms with van der Waals surface area (Å²) >= 11 is 9.43. The average molecular weight is 355 g/mol. The van der Waals surface area contributed by atoms with E-state index in [0.717, 1.165) is 6.42 Å². The Bertz CT molecular complexity index is 604. The summed E-state index contributed by atoms with van der Waals surface area (Å²) in [5.41, 5.74) is 1.97. The number of aryl methyl sites for hydroxylation is 1. The Kier molecular flexibility index (Phi) is 5.15. The number of halogens is 2. The Morgan fingerprint density at radius 3 is 2.55 bits per heavy atom. The number of alkyl halides is 1. The largest absolute Gasteiger partial charge is 0.274 e. The second kappa shape index (κ2) is 6.86. The minimum Gasteiger partial charge on any atom is -0.258 e. The molecule has 0 bridgehead atoms. The van der Waals surface area contributed by atoms with Crippen LogP contribution in [0, 0.1) is 10.1 Å². The summed E-state index contributed by atoms with van der Waals surface area (Å²) in [6, 6.07) is 14.8. The van der Waals surface area contributed by atoms with Crippen molar-refractivity contribution in [1.29, 1.82) is 0 Å². The number of hydrogen-bond acceptors (Lipinski definition) is 2. The molecule has 2 aromatic carbocycles. The van der Waals surface area contributed by atoms with E-state index in [1.165, 1.54) is 11.6 Å². The van der Waals surface area contributed by atoms with Crippen LogP contribution in [0.5, 0.6) is 0 Å². The van der Waals surface area contributed by atoms with Crippen molar-refractivity contribution in [2.45, 2.75) is 17.7 Å². The zero-order chi connectivity index (χ0) is 14.5. The van der Waals surface area contributed by atoms with Crippen molar-refractivity contribution in [1.82, 2.24) is 0 Å². The second-order valence-electron chi connectivity index (χ2n) is 4.45. The van der Waals surface area contributed by atoms with Crippen molar-refractivity contribution < 1.29 is 4.92 Å². The highest BCUT2D eigenvalue weighted by molar-refractivity contribution is 9.09. The average Bonchev–Trinajstić information content (AvgIpc) is 2.46. The van der Waals surface area contributed by atoms with Crippen LogP contribution in [0.3, 0.4) is 0 Å². The van der Waals surface area contributed by atoms with Gasteiger partial charge in [0.25, 0.3) is 5.69 Å². The van der Waals surface area contributed by atoms with Crippen LogP contribution in [0.1, 0.15) is 22.4 Å². The number of rotatable bonds is 5. The smallest absolute Gasteiger partial charge is 0.258 e. The lowest BCUT2D eigenvalue weighted by Crippen LogP contribution is -1.98. The first-order valence-electron chi connectivity index (χ1n) is 6.20. The number of nitro groups is 1. The maximum absolute atomic E-state index is 11.0. The Balaban J connectivity index is 2.09. The molecule has 1 atom stereocenters. The fourth-order valence-electron chi connectivity index (χ4n) is 2.03. The summed E-state index contributed by atoms with van der Waals surface area (Å²) in [6.45, 7) is 0. The lowest BCUT2D eigenvalue weighted by molar-refractivity contribution is -0.385. The van der Waals surface area contributed by atoms with E-state index in [1.54, 1.807) is 12.1 Å². The molecule has 0 N–H and O–H groups in total. The van der Waals surface area contributed by atoms with Gasteiger partial charge in [-0.15, -0.1) is 0 Å². The molecule has 0 saturated carbocycles. The molecule has 0 radical (unpaired) electrons. The van der Waals surface area contributed by atoms with Crippen molar-refractivity contribution >= 4 is 33.2 Å². The molecule has 0 aliphatic heterocycles. The summed E-state index contributed by atoms with van der Waals surface area (Å²) < 4.78 is 0. The zero-order valence-corrected chi connectivity index (χ0v) is 13.0. The molecule has 2 aromatic rings. The molecule has 1 unspecified atom stereocenters. The Hall–Kier alpha value is -1.39. The van der Waals surface area contributed by atoms with E-state index < -0.39 is 0 Å². The van der Waals surface area contributed by atoms with Crippen LogP contribution in [0.2, 0.25) is 5.02 Å². The predicted octanol–water partition coefficient (Wildman–Crippen LogP) is 5.32. The van der Waals surface area contributed by atoms with Crippen molar-refractivity contribution in [2.75, 3.05) is 0 Å². The van der Waals surface area contributed by atoms with E-state index in [4.69, 9.17) is 11.6 Å². The molecule has 20 heavy (non-hydrogen) atoms. The van der Waals surface area contributed by atoms with Gasteiger partial charge in [0, 0.05) is 21.5 Å². The molecule has 0 fully saturated rings. The molecular weight excluding hydrogens is 342 g/mol. The number of hydrogen-bond donors (Lipinski definition) is 0. The van der Waals surface area contributed by atoms with Gasteiger partial charge in [-0.1, -0.05) is 63.9 Å². The topological polar surface area (TPSA) is 43.1 Å². The van der Waals surface area contributed by atoms with Gasteiger partial charge < -0.3 is 0 Å². The predicted molar refractivity (Wildman–Crippen MR) is 84.5 cm³/mol. The fraction of sp³-hybridized carbons (Fsp3) is 0.200. The third-order valence-corrected chi connectivity index (χ3v) is 4.29. The molecule has 0 aromatic heterocycles. The van der Waals surface area contributed by atoms with Gasteiger partial charge in [-0.3, -0.25) is 10.1 Å². The third-order valence-electron chi connectivity index (χ3n) is 3.07. The monoisotopic (exact) mass is 353 g/mol. The minimum atomic E-state index is -0.382. The number of benzene rings is 2. The first kappa shape index (κ1) is 15.0. The molecule has 0 aliphatic rings. The van der Waals surface area contributed by atoms with E-state index in [2.05, 4.69) is 15.9 Å². The quantitative estimate of drug-likeness (QED) is 0.414. The van der Waals surface area contributed by atoms with Gasteiger partial charge in [0.2, 0.25) is 0 Å². The van der Waals surface area contributed by atoms with Gasteiger partial charge in [0.05, 0.1) is 4.92 Å². The highest BCUT2D eigenvalue weighted by Crippen LogP contribution is 2.30. The summed E-state index contributed by atoms with van der Waals surface area (Å²) in [4.78, 5) is 10.8. The molecule has 104 valence electrons. The summed E-state index contributed by atoms with van der Waals surface area (Å²) in [5.74, 6) is 0. The first-order valence-corrected chi connectivity index (χ1v) is 7.49. The highest BCUT2D eigenvalue weighted by Gasteiger charge is 2.16. The van der Waals surface area contributed by atoms with E-state index in [0.29, 0.717) is 17.0 Å². The van der Waals surface area contributed by atoms with E-state index in [1.807, 2.05) is 30.3 Å². The van der Waals surface area contributed by atoms with Crippen molar-refractivity contribution in [3.8, 4) is 0 Å². The molecule has 2 rings (SSSR count). The standard InChI is InChI=1S/C15H13BrClNO2/c16-14(11-4-2-1-3-5-11)9-7-12-6-8-13(17)10-15(12)18(19)20/h1-6,8,10,14H,7,9H2. The lowest BCUT2D eigenvalue weighted by Gasteiger charge is -2.10. The molecule has 5 heteroatoms. The molecule has 0 heterocycles. The van der Waals surface area contributed by atoms with Crippen LogP contribution in [-0.4, -0.2) is 4.92 Å². The van der Waals surface area contributed by atoms with Crippen LogP contribution < -0.4 is 0 Å². The van der Waals surface area contributed by atoms with Crippen LogP contribution in [0.4, 0.5) is 5.69 Å². The molecule has 0 saturated heterocycles. The third kappa shape index (κ3) is 3.81. The SMILES string of the molecule is O=[N+]([O-])c1cc(Cl)ccc1CCC(Br)c1ccccc1. The van der Waals surface area contributed by atoms with Crippen molar-refractivity contribution in [3.05, 3.63) is 74.8 Å². The van der Waals surface area contributed by atoms with E-state index >= 15 is 0 Å². The number of nitro benzene ring substituents is 1. The Labute approximate surface area is 130 Å². The van der Waals surface area contributed by atoms with Gasteiger partial charge >= 0.3 is 0 Å². The van der Waals surface area contributed by atoms with Crippen LogP contribution in [-0.2, 0) is 6.42 Å². The maximum Gasteiger partial charge on any atom is 0.274 e. The zero-order valence-electron chi connectivity index (χ0n) is 10.6. The van der Waals surface area contributed by atoms with Gasteiger partial charge in [-0.25, -0.2) is 0 Å². The minimum absolute atomic E-state index is 0.0882. The normalized spacial score (nSPS) is 12.1. The Morgan fingerprint density at radius 1 is 1.20 bits per heavy atom. The first-order chi connectivity index (χ1) is 9.58. The van der Waals surface area contributed by atoms with E-state index in [9.17, 15) is 10.1 Å². The van der Waals surface area contributed by atoms with Gasteiger partial charge in [0.15, 0.2) is 0 Å². The van der Waals surface area contributed by atoms with Crippen LogP contribution in [0.25, 0.3) is 0 Å². The molecule has 3 nitrogen and oxygen atoms in total. The van der Waals surface area contributed by atoms with Crippen LogP contribution >= 0.6 is 27.5 Å². The maximum atomic E-state index is 11.0. The van der Waals surface area contributed by atoms with Gasteiger partial charge in [0.1, 0.15) is 0 Å². The molecule has 0 amide bonds. The summed E-state index contributed by atoms with van der Waals surface area (Å²) in [7, 11) is 0. The highest BCUT2D eigenvalue weighted by atomic mass is 79.9. The van der Waals surface area contributed by atoms with Crippen molar-refractivity contribution in [2.24, 2.45) is 0 Å². The van der Waals surface area contributed by atoms with Crippen LogP contribution in [0.15, 0.2) is 48.5 Å². The summed E-state index contributed by atoms with van der Waals surface area (Å²) in [5, 5.41) is 11.4. The van der Waals surface area contributed by atoms with Crippen molar-refractivity contribution in [3.63, 3.8) is 0 Å². The molecule has 0 aliphatic carbocycles. The van der Waals surface area contributed by atoms with Gasteiger partial charge in [-0.2, -0.15) is 0 Å².